The van der Waals surface area contributed by atoms with Crippen LogP contribution in [0.2, 0.25) is 5.15 Å². The summed E-state index contributed by atoms with van der Waals surface area (Å²) in [6, 6.07) is 0. The molecule has 11 heteroatoms. The molecule has 18 heavy (non-hydrogen) atoms. The van der Waals surface area contributed by atoms with Crippen LogP contribution in [0, 0.1) is 0 Å². The van der Waals surface area contributed by atoms with Crippen molar-refractivity contribution in [1.82, 2.24) is 9.97 Å². The second-order valence-corrected chi connectivity index (χ2v) is 3.31. The molecule has 10 nitrogen and oxygen atoms in total. The maximum atomic E-state index is 11.2. The van der Waals surface area contributed by atoms with Gasteiger partial charge in [-0.2, -0.15) is 10.2 Å². The molecule has 96 valence electrons. The predicted molar refractivity (Wildman–Crippen MR) is 65.4 cm³/mol. The number of nitrogens with zero attached hydrogens (tertiary/aromatic N) is 4. The highest BCUT2D eigenvalue weighted by atomic mass is 35.5. The Morgan fingerprint density at radius 1 is 0.944 bits per heavy atom. The summed E-state index contributed by atoms with van der Waals surface area (Å²) in [5, 5.41) is 6.18. The van der Waals surface area contributed by atoms with Crippen LogP contribution in [0.3, 0.4) is 0 Å². The lowest BCUT2D eigenvalue weighted by Crippen LogP contribution is -2.28. The van der Waals surface area contributed by atoms with Crippen LogP contribution >= 0.6 is 11.6 Å². The lowest BCUT2D eigenvalue weighted by molar-refractivity contribution is 0.0995. The van der Waals surface area contributed by atoms with Crippen molar-refractivity contribution < 1.29 is 4.79 Å². The smallest absolute Gasteiger partial charge is 0.269 e. The molecule has 0 aliphatic heterocycles. The quantitative estimate of drug-likeness (QED) is 0.171. The van der Waals surface area contributed by atoms with Gasteiger partial charge in [0.15, 0.2) is 22.5 Å². The Morgan fingerprint density at radius 3 is 1.89 bits per heavy atom. The molecule has 1 amide bonds. The molecule has 0 radical (unpaired) electrons. The van der Waals surface area contributed by atoms with Crippen LogP contribution < -0.4 is 28.9 Å². The van der Waals surface area contributed by atoms with Crippen molar-refractivity contribution in [2.45, 2.75) is 0 Å². The van der Waals surface area contributed by atoms with Crippen molar-refractivity contribution in [1.29, 1.82) is 0 Å². The van der Waals surface area contributed by atoms with Crippen LogP contribution in [0.15, 0.2) is 10.2 Å². The first-order valence-corrected chi connectivity index (χ1v) is 4.75. The fourth-order valence-corrected chi connectivity index (χ4v) is 1.27. The molecule has 1 heterocycles. The van der Waals surface area contributed by atoms with Gasteiger partial charge < -0.3 is 28.9 Å². The van der Waals surface area contributed by atoms with Gasteiger partial charge in [0.1, 0.15) is 11.4 Å². The molecular formula is C7H10ClN9O. The topological polar surface area (TPSA) is 198 Å². The summed E-state index contributed by atoms with van der Waals surface area (Å²) in [4.78, 5) is 18.7. The highest BCUT2D eigenvalue weighted by Gasteiger charge is 2.20. The fourth-order valence-electron chi connectivity index (χ4n) is 1.05. The molecule has 0 saturated heterocycles. The number of hydrogen-bond acceptors (Lipinski definition) is 7. The number of amidine groups is 2. The molecule has 0 aromatic carbocycles. The van der Waals surface area contributed by atoms with Gasteiger partial charge in [-0.25, -0.2) is 9.97 Å². The molecule has 1 aromatic rings. The van der Waals surface area contributed by atoms with E-state index < -0.39 is 5.91 Å². The first-order chi connectivity index (χ1) is 8.42. The summed E-state index contributed by atoms with van der Waals surface area (Å²) >= 11 is 5.76. The number of amides is 1. The van der Waals surface area contributed by atoms with Gasteiger partial charge in [0.05, 0.1) is 0 Å². The summed E-state index contributed by atoms with van der Waals surface area (Å²) < 4.78 is 0. The molecule has 0 atom stereocenters. The van der Waals surface area contributed by atoms with Gasteiger partial charge in [0.2, 0.25) is 0 Å². The van der Waals surface area contributed by atoms with Crippen molar-refractivity contribution >= 4 is 29.2 Å². The Bertz CT molecular complexity index is 552. The van der Waals surface area contributed by atoms with Gasteiger partial charge in [0, 0.05) is 0 Å². The van der Waals surface area contributed by atoms with Crippen LogP contribution in [0.25, 0.3) is 0 Å². The number of aromatic nitrogens is 2. The third kappa shape index (κ3) is 2.38. The molecule has 0 spiro atoms. The minimum Gasteiger partial charge on any atom is -0.380 e. The Labute approximate surface area is 106 Å². The van der Waals surface area contributed by atoms with Crippen molar-refractivity contribution in [3.05, 3.63) is 22.2 Å². The second-order valence-electron chi connectivity index (χ2n) is 2.95. The summed E-state index contributed by atoms with van der Waals surface area (Å²) in [5.41, 5.74) is 15.5. The molecule has 0 bridgehead atoms. The maximum absolute atomic E-state index is 11.2. The normalized spacial score (nSPS) is 12.5. The molecular weight excluding hydrogens is 262 g/mol. The van der Waals surface area contributed by atoms with E-state index in [0.29, 0.717) is 0 Å². The van der Waals surface area contributed by atoms with Crippen molar-refractivity contribution in [3.8, 4) is 0 Å². The number of hydrogen-bond donors (Lipinski definition) is 5. The van der Waals surface area contributed by atoms with E-state index in [1.54, 1.807) is 0 Å². The molecule has 0 unspecified atom stereocenters. The van der Waals surface area contributed by atoms with E-state index in [2.05, 4.69) is 20.2 Å². The van der Waals surface area contributed by atoms with E-state index in [1.807, 2.05) is 0 Å². The second kappa shape index (κ2) is 5.14. The van der Waals surface area contributed by atoms with Crippen LogP contribution in [0.1, 0.15) is 21.9 Å². The largest absolute Gasteiger partial charge is 0.380 e. The zero-order valence-corrected chi connectivity index (χ0v) is 9.72. The number of hydrazone groups is 2. The average Bonchev–Trinajstić information content (AvgIpc) is 2.36. The maximum Gasteiger partial charge on any atom is 0.269 e. The Morgan fingerprint density at radius 2 is 1.44 bits per heavy atom. The van der Waals surface area contributed by atoms with E-state index >= 15 is 0 Å². The van der Waals surface area contributed by atoms with Gasteiger partial charge in [-0.3, -0.25) is 4.79 Å². The molecule has 0 fully saturated rings. The number of rotatable bonds is 3. The number of primary amides is 1. The lowest BCUT2D eigenvalue weighted by Gasteiger charge is -2.08. The van der Waals surface area contributed by atoms with Gasteiger partial charge in [-0.1, -0.05) is 11.6 Å². The molecule has 0 aliphatic rings. The third-order valence-corrected chi connectivity index (χ3v) is 2.11. The van der Waals surface area contributed by atoms with E-state index in [0.717, 1.165) is 0 Å². The Kier molecular flexibility index (Phi) is 3.84. The number of nitrogens with two attached hydrogens (primary N) is 5. The summed E-state index contributed by atoms with van der Waals surface area (Å²) in [7, 11) is 0. The minimum absolute atomic E-state index is 0.0641. The monoisotopic (exact) mass is 271 g/mol. The highest BCUT2D eigenvalue weighted by Crippen LogP contribution is 2.14. The fraction of sp³-hybridized carbons (Fsp3) is 0. The number of carbonyl (C=O) groups excluding carboxylic acids is 1. The number of carbonyl (C=O) groups is 1. The molecule has 0 saturated carbocycles. The third-order valence-electron chi connectivity index (χ3n) is 1.85. The van der Waals surface area contributed by atoms with E-state index in [4.69, 9.17) is 40.5 Å². The highest BCUT2D eigenvalue weighted by molar-refractivity contribution is 6.32. The van der Waals surface area contributed by atoms with Crippen LogP contribution in [-0.4, -0.2) is 27.5 Å². The van der Waals surface area contributed by atoms with Gasteiger partial charge in [0.25, 0.3) is 5.91 Å². The molecule has 1 rings (SSSR count). The first kappa shape index (κ1) is 13.4. The predicted octanol–water partition coefficient (Wildman–Crippen LogP) is -2.61. The number of halogens is 1. The van der Waals surface area contributed by atoms with Crippen LogP contribution in [0.4, 0.5) is 0 Å². The SMILES string of the molecule is NN=C(N)c1nc(C(N)=NN)c(C(N)=O)nc1Cl. The summed E-state index contributed by atoms with van der Waals surface area (Å²) in [6.07, 6.45) is 0. The standard InChI is InChI=1S/C7H10ClN9O/c8-4-3(6(10)17-13)14-1(5(9)16-12)2(15-4)7(11)18/h12-13H2,(H2,9,16)(H2,10,17)(H2,11,18). The lowest BCUT2D eigenvalue weighted by atomic mass is 10.2. The Hall–Kier alpha value is -2.62. The molecule has 1 aromatic heterocycles. The van der Waals surface area contributed by atoms with E-state index in [9.17, 15) is 4.79 Å². The van der Waals surface area contributed by atoms with Crippen LogP contribution in [0.5, 0.6) is 0 Å². The van der Waals surface area contributed by atoms with Crippen molar-refractivity contribution in [2.75, 3.05) is 0 Å². The summed E-state index contributed by atoms with van der Waals surface area (Å²) in [6.45, 7) is 0. The van der Waals surface area contributed by atoms with E-state index in [1.165, 1.54) is 0 Å². The van der Waals surface area contributed by atoms with Gasteiger partial charge in [-0.05, 0) is 0 Å². The van der Waals surface area contributed by atoms with Crippen molar-refractivity contribution in [2.24, 2.45) is 39.1 Å². The van der Waals surface area contributed by atoms with Crippen molar-refractivity contribution in [3.63, 3.8) is 0 Å². The average molecular weight is 272 g/mol. The van der Waals surface area contributed by atoms with E-state index in [-0.39, 0.29) is 33.9 Å². The van der Waals surface area contributed by atoms with Gasteiger partial charge >= 0.3 is 0 Å². The molecule has 10 N–H and O–H groups in total. The molecule has 0 aliphatic carbocycles. The zero-order chi connectivity index (χ0) is 13.9. The Balaban J connectivity index is 3.61. The van der Waals surface area contributed by atoms with Crippen LogP contribution in [-0.2, 0) is 0 Å². The minimum atomic E-state index is -0.902. The first-order valence-electron chi connectivity index (χ1n) is 4.37. The van der Waals surface area contributed by atoms with Gasteiger partial charge in [-0.15, -0.1) is 0 Å². The zero-order valence-electron chi connectivity index (χ0n) is 8.96. The summed E-state index contributed by atoms with van der Waals surface area (Å²) in [5.74, 6) is 8.62.